The summed E-state index contributed by atoms with van der Waals surface area (Å²) < 4.78 is 0. The molecule has 14 aromatic carbocycles. The second-order valence-corrected chi connectivity index (χ2v) is 31.7. The average molecular weight is 1550 g/mol. The number of aromatic nitrogens is 10. The van der Waals surface area contributed by atoms with Gasteiger partial charge in [-0.3, -0.25) is 19.9 Å². The molecule has 0 aliphatic heterocycles. The zero-order valence-electron chi connectivity index (χ0n) is 65.7. The number of fused-ring (bicyclic) bond motifs is 24. The molecule has 6 aromatic heterocycles. The predicted octanol–water partition coefficient (Wildman–Crippen LogP) is 26.0. The minimum atomic E-state index is -0.808. The highest BCUT2D eigenvalue weighted by atomic mass is 15.0. The molecule has 2 spiro atoms. The third-order valence-corrected chi connectivity index (χ3v) is 25.2. The van der Waals surface area contributed by atoms with Gasteiger partial charge in [-0.05, 0) is 212 Å². The van der Waals surface area contributed by atoms with Crippen LogP contribution in [0.25, 0.3) is 191 Å². The summed E-state index contributed by atoms with van der Waals surface area (Å²) in [5.74, 6) is 3.29. The van der Waals surface area contributed by atoms with Crippen LogP contribution in [0.4, 0.5) is 0 Å². The fourth-order valence-electron chi connectivity index (χ4n) is 19.8. The van der Waals surface area contributed by atoms with Crippen LogP contribution in [-0.2, 0) is 10.8 Å². The van der Waals surface area contributed by atoms with Crippen molar-refractivity contribution in [3.63, 3.8) is 0 Å². The predicted molar refractivity (Wildman–Crippen MR) is 488 cm³/mol. The van der Waals surface area contributed by atoms with Crippen LogP contribution in [0.1, 0.15) is 44.5 Å². The maximum absolute atomic E-state index is 5.59. The molecular formula is C112H68N10. The zero-order chi connectivity index (χ0) is 80.4. The van der Waals surface area contributed by atoms with E-state index >= 15 is 0 Å². The molecule has 0 N–H and O–H groups in total. The third-order valence-electron chi connectivity index (χ3n) is 25.2. The molecule has 4 aliphatic rings. The van der Waals surface area contributed by atoms with E-state index in [0.717, 1.165) is 128 Å². The van der Waals surface area contributed by atoms with E-state index in [1.807, 2.05) is 67.4 Å². The Labute approximate surface area is 704 Å². The summed E-state index contributed by atoms with van der Waals surface area (Å²) >= 11 is 0. The molecule has 0 unspecified atom stereocenters. The number of pyridine rings is 4. The van der Waals surface area contributed by atoms with Crippen molar-refractivity contribution >= 4 is 0 Å². The Morgan fingerprint density at radius 1 is 0.131 bits per heavy atom. The standard InChI is InChI=1S/C112H68N10/c1-2-23-69(24-3-1)105-117-108(122-110(118-105)82-58-80(78-30-21-53-114-65-78)57-81(59-82)79-31-22-54-115-66-79)75-48-51-95-87-49-46-72(61-96(87)93-39-11-17-45-102(93)112(104(95)63-75)100-43-15-9-37-91(100)92-38-10-16-44-101(92)112)84-60-83(67-116-68-84)71-26-19-28-74(56-71)107-119-106(73-27-18-25-70(55-73)77-29-20-52-113-64-77)120-109(121-107)76-47-50-94-86-33-5-4-32-85(86)88-34-6-12-40-97(88)111(103(94)62-76)98-41-13-7-35-89(98)90-36-8-14-42-99(90)111/h1-68H. The van der Waals surface area contributed by atoms with E-state index in [9.17, 15) is 0 Å². The summed E-state index contributed by atoms with van der Waals surface area (Å²) in [6.45, 7) is 0. The number of hydrogen-bond acceptors (Lipinski definition) is 10. The topological polar surface area (TPSA) is 129 Å². The van der Waals surface area contributed by atoms with E-state index in [0.29, 0.717) is 34.9 Å². The normalized spacial score (nSPS) is 12.9. The van der Waals surface area contributed by atoms with Crippen molar-refractivity contribution in [1.29, 1.82) is 0 Å². The fraction of sp³-hybridized carbons (Fsp3) is 0.0179. The minimum absolute atomic E-state index is 0.537. The fourth-order valence-corrected chi connectivity index (χ4v) is 19.8. The van der Waals surface area contributed by atoms with Crippen molar-refractivity contribution in [1.82, 2.24) is 49.8 Å². The Kier molecular flexibility index (Phi) is 16.2. The Hall–Kier alpha value is -16.3. The van der Waals surface area contributed by atoms with Crippen molar-refractivity contribution < 1.29 is 0 Å². The molecule has 0 saturated carbocycles. The number of benzene rings is 14. The summed E-state index contributed by atoms with van der Waals surface area (Å²) in [5.41, 5.74) is 37.0. The van der Waals surface area contributed by atoms with Gasteiger partial charge in [0.25, 0.3) is 0 Å². The van der Waals surface area contributed by atoms with Gasteiger partial charge >= 0.3 is 0 Å². The average Bonchev–Trinajstić information content (AvgIpc) is 1.52. The van der Waals surface area contributed by atoms with Gasteiger partial charge < -0.3 is 0 Å². The highest BCUT2D eigenvalue weighted by molar-refractivity contribution is 6.01. The largest absolute Gasteiger partial charge is 0.264 e. The molecule has 10 heteroatoms. The first-order valence-electron chi connectivity index (χ1n) is 41.2. The maximum atomic E-state index is 5.59. The van der Waals surface area contributed by atoms with E-state index in [4.69, 9.17) is 34.9 Å². The lowest BCUT2D eigenvalue weighted by Gasteiger charge is -2.35. The summed E-state index contributed by atoms with van der Waals surface area (Å²) in [4.78, 5) is 51.6. The number of nitrogens with zero attached hydrogens (tertiary/aromatic N) is 10. The van der Waals surface area contributed by atoms with Crippen molar-refractivity contribution in [2.75, 3.05) is 0 Å². The number of hydrogen-bond donors (Lipinski definition) is 0. The summed E-state index contributed by atoms with van der Waals surface area (Å²) in [5, 5.41) is 0. The molecule has 0 radical (unpaired) electrons. The van der Waals surface area contributed by atoms with Crippen LogP contribution in [0, 0.1) is 0 Å². The van der Waals surface area contributed by atoms with Gasteiger partial charge in [0.2, 0.25) is 0 Å². The molecule has 0 saturated heterocycles. The Balaban J connectivity index is 0.651. The lowest BCUT2D eigenvalue weighted by atomic mass is 9.65. The summed E-state index contributed by atoms with van der Waals surface area (Å²) in [7, 11) is 0. The minimum Gasteiger partial charge on any atom is -0.264 e. The molecule has 0 bridgehead atoms. The lowest BCUT2D eigenvalue weighted by Crippen LogP contribution is -2.29. The van der Waals surface area contributed by atoms with Gasteiger partial charge in [0, 0.05) is 111 Å². The molecule has 566 valence electrons. The third kappa shape index (κ3) is 11.1. The van der Waals surface area contributed by atoms with Gasteiger partial charge in [0.15, 0.2) is 34.9 Å². The van der Waals surface area contributed by atoms with Gasteiger partial charge in [0.05, 0.1) is 10.8 Å². The van der Waals surface area contributed by atoms with Crippen molar-refractivity contribution in [3.8, 4) is 191 Å². The van der Waals surface area contributed by atoms with Gasteiger partial charge in [-0.1, -0.05) is 291 Å². The first-order chi connectivity index (χ1) is 60.4. The molecule has 20 aromatic rings. The van der Waals surface area contributed by atoms with Gasteiger partial charge in [-0.25, -0.2) is 29.9 Å². The second kappa shape index (κ2) is 28.2. The van der Waals surface area contributed by atoms with E-state index in [-0.39, 0.29) is 0 Å². The molecule has 10 nitrogen and oxygen atoms in total. The smallest absolute Gasteiger partial charge is 0.164 e. The molecule has 0 amide bonds. The van der Waals surface area contributed by atoms with Crippen LogP contribution in [0.5, 0.6) is 0 Å². The first kappa shape index (κ1) is 70.0. The van der Waals surface area contributed by atoms with Gasteiger partial charge in [0.1, 0.15) is 0 Å². The highest BCUT2D eigenvalue weighted by Crippen LogP contribution is 2.64. The monoisotopic (exact) mass is 1550 g/mol. The van der Waals surface area contributed by atoms with E-state index in [1.54, 1.807) is 18.6 Å². The van der Waals surface area contributed by atoms with E-state index in [2.05, 4.69) is 343 Å². The van der Waals surface area contributed by atoms with E-state index < -0.39 is 10.8 Å². The van der Waals surface area contributed by atoms with Crippen LogP contribution >= 0.6 is 0 Å². The Morgan fingerprint density at radius 3 is 0.803 bits per heavy atom. The van der Waals surface area contributed by atoms with Gasteiger partial charge in [-0.15, -0.1) is 0 Å². The second-order valence-electron chi connectivity index (χ2n) is 31.7. The van der Waals surface area contributed by atoms with Crippen molar-refractivity contribution in [2.45, 2.75) is 10.8 Å². The zero-order valence-corrected chi connectivity index (χ0v) is 65.7. The quantitative estimate of drug-likeness (QED) is 0.123. The van der Waals surface area contributed by atoms with Crippen LogP contribution in [-0.4, -0.2) is 49.8 Å². The van der Waals surface area contributed by atoms with Crippen LogP contribution in [0.15, 0.2) is 414 Å². The lowest BCUT2D eigenvalue weighted by molar-refractivity contribution is 0.775. The summed E-state index contributed by atoms with van der Waals surface area (Å²) in [6.07, 6.45) is 15.0. The van der Waals surface area contributed by atoms with Gasteiger partial charge in [-0.2, -0.15) is 0 Å². The Morgan fingerprint density at radius 2 is 0.385 bits per heavy atom. The first-order valence-corrected chi connectivity index (χ1v) is 41.2. The molecule has 122 heavy (non-hydrogen) atoms. The molecule has 4 aliphatic carbocycles. The SMILES string of the molecule is c1ccc(-c2nc(-c3cc(-c4cccnc4)cc(-c4cccnc4)c3)nc(-c3ccc4c(c3)C3(c5ccccc5-c5cc(-c6cncc(-c7cccc(-c8nc(-c9cccc(-c%10cccnc%10)c9)nc(-c9ccc%10c(c9)C9(c%11ccccc%11-c%11ccccc%11-%10)c%10ccccc%10-c%10ccccc%109)n8)c7)c6)ccc5-4)c4ccccc4-c4ccccc43)n2)cc1. The van der Waals surface area contributed by atoms with E-state index in [1.165, 1.54) is 72.3 Å². The molecule has 6 heterocycles. The van der Waals surface area contributed by atoms with Crippen molar-refractivity contribution in [3.05, 3.63) is 458 Å². The molecule has 0 fully saturated rings. The summed E-state index contributed by atoms with van der Waals surface area (Å²) in [6, 6.07) is 132. The highest BCUT2D eigenvalue weighted by Gasteiger charge is 2.52. The molecular weight excluding hydrogens is 1490 g/mol. The molecule has 24 rings (SSSR count). The Bertz CT molecular complexity index is 7510. The maximum Gasteiger partial charge on any atom is 0.164 e. The van der Waals surface area contributed by atoms with Crippen LogP contribution in [0.2, 0.25) is 0 Å². The van der Waals surface area contributed by atoms with Crippen molar-refractivity contribution in [2.24, 2.45) is 0 Å². The molecule has 0 atom stereocenters. The van der Waals surface area contributed by atoms with Crippen LogP contribution in [0.3, 0.4) is 0 Å². The number of rotatable bonds is 11. The van der Waals surface area contributed by atoms with Crippen LogP contribution < -0.4 is 0 Å².